The smallest absolute Gasteiger partial charge is 0.340 e. The zero-order valence-corrected chi connectivity index (χ0v) is 13.4. The molecule has 7 nitrogen and oxygen atoms in total. The van der Waals surface area contributed by atoms with Gasteiger partial charge >= 0.3 is 5.97 Å². The standard InChI is InChI=1S/C12H19N3O4S2/c1-20-12(5-3-2-4-6-12)8-14-21(18,19)10-9(11(16)17)7-13-15-10/h7,14H,2-6,8H2,1H3,(H,13,15)(H,16,17). The van der Waals surface area contributed by atoms with Crippen LogP contribution in [0.4, 0.5) is 0 Å². The maximum absolute atomic E-state index is 12.3. The molecule has 3 N–H and O–H groups in total. The molecule has 0 amide bonds. The Balaban J connectivity index is 2.14. The first-order valence-electron chi connectivity index (χ1n) is 6.72. The first kappa shape index (κ1) is 16.3. The molecule has 2 rings (SSSR count). The van der Waals surface area contributed by atoms with Crippen LogP contribution in [-0.4, -0.2) is 47.2 Å². The number of nitrogens with one attached hydrogen (secondary N) is 2. The molecule has 0 aromatic carbocycles. The van der Waals surface area contributed by atoms with E-state index in [9.17, 15) is 13.2 Å². The number of carbonyl (C=O) groups is 1. The molecule has 21 heavy (non-hydrogen) atoms. The van der Waals surface area contributed by atoms with Gasteiger partial charge in [-0.3, -0.25) is 5.10 Å². The van der Waals surface area contributed by atoms with E-state index in [2.05, 4.69) is 14.9 Å². The highest BCUT2D eigenvalue weighted by atomic mass is 32.2. The average Bonchev–Trinajstić information content (AvgIpc) is 2.97. The molecule has 0 bridgehead atoms. The predicted octanol–water partition coefficient (Wildman–Crippen LogP) is 1.45. The van der Waals surface area contributed by atoms with Gasteiger partial charge in [-0.25, -0.2) is 17.9 Å². The second-order valence-corrected chi connectivity index (χ2v) is 8.17. The lowest BCUT2D eigenvalue weighted by atomic mass is 9.88. The predicted molar refractivity (Wildman–Crippen MR) is 80.1 cm³/mol. The lowest BCUT2D eigenvalue weighted by Crippen LogP contribution is -2.42. The summed E-state index contributed by atoms with van der Waals surface area (Å²) in [6.07, 6.45) is 8.27. The molecule has 0 aliphatic heterocycles. The Morgan fingerprint density at radius 1 is 1.48 bits per heavy atom. The van der Waals surface area contributed by atoms with Crippen molar-refractivity contribution in [3.8, 4) is 0 Å². The fourth-order valence-electron chi connectivity index (χ4n) is 2.58. The molecule has 1 heterocycles. The van der Waals surface area contributed by atoms with Gasteiger partial charge in [-0.1, -0.05) is 19.3 Å². The highest BCUT2D eigenvalue weighted by Gasteiger charge is 2.34. The fourth-order valence-corrected chi connectivity index (χ4v) is 4.80. The van der Waals surface area contributed by atoms with Crippen LogP contribution >= 0.6 is 11.8 Å². The number of carboxylic acids is 1. The van der Waals surface area contributed by atoms with Crippen LogP contribution in [0, 0.1) is 0 Å². The number of thioether (sulfide) groups is 1. The molecule has 0 spiro atoms. The Bertz CT molecular complexity index is 606. The van der Waals surface area contributed by atoms with Crippen LogP contribution in [0.5, 0.6) is 0 Å². The van der Waals surface area contributed by atoms with Crippen LogP contribution < -0.4 is 4.72 Å². The number of carboxylic acid groups (broad SMARTS) is 1. The van der Waals surface area contributed by atoms with E-state index in [-0.39, 0.29) is 15.3 Å². The van der Waals surface area contributed by atoms with Crippen molar-refractivity contribution in [2.75, 3.05) is 12.8 Å². The molecule has 0 saturated heterocycles. The van der Waals surface area contributed by atoms with Crippen molar-refractivity contribution in [2.24, 2.45) is 0 Å². The minimum Gasteiger partial charge on any atom is -0.478 e. The summed E-state index contributed by atoms with van der Waals surface area (Å²) in [5.74, 6) is -1.32. The van der Waals surface area contributed by atoms with Gasteiger partial charge in [0.25, 0.3) is 10.0 Å². The third-order valence-electron chi connectivity index (χ3n) is 3.89. The summed E-state index contributed by atoms with van der Waals surface area (Å²) in [6, 6.07) is 0. The van der Waals surface area contributed by atoms with Crippen molar-refractivity contribution in [2.45, 2.75) is 41.9 Å². The third kappa shape index (κ3) is 3.58. The molecule has 1 aliphatic carbocycles. The average molecular weight is 333 g/mol. The van der Waals surface area contributed by atoms with Crippen molar-refractivity contribution in [1.29, 1.82) is 0 Å². The highest BCUT2D eigenvalue weighted by Crippen LogP contribution is 2.38. The molecule has 1 aromatic heterocycles. The van der Waals surface area contributed by atoms with Gasteiger partial charge in [0, 0.05) is 11.3 Å². The van der Waals surface area contributed by atoms with Crippen LogP contribution in [0.25, 0.3) is 0 Å². The van der Waals surface area contributed by atoms with Gasteiger partial charge in [0.2, 0.25) is 0 Å². The van der Waals surface area contributed by atoms with Gasteiger partial charge in [-0.2, -0.15) is 16.9 Å². The van der Waals surface area contributed by atoms with Gasteiger partial charge in [0.1, 0.15) is 5.56 Å². The molecule has 0 unspecified atom stereocenters. The molecule has 0 radical (unpaired) electrons. The zero-order valence-electron chi connectivity index (χ0n) is 11.8. The van der Waals surface area contributed by atoms with Crippen LogP contribution in [0.3, 0.4) is 0 Å². The molecule has 1 saturated carbocycles. The number of H-pyrrole nitrogens is 1. The van der Waals surface area contributed by atoms with Gasteiger partial charge < -0.3 is 5.11 Å². The lowest BCUT2D eigenvalue weighted by Gasteiger charge is -2.35. The second-order valence-electron chi connectivity index (χ2n) is 5.19. The van der Waals surface area contributed by atoms with E-state index in [0.717, 1.165) is 31.9 Å². The molecule has 118 valence electrons. The molecule has 1 aliphatic rings. The first-order valence-corrected chi connectivity index (χ1v) is 9.42. The van der Waals surface area contributed by atoms with Crippen LogP contribution in [0.2, 0.25) is 0 Å². The van der Waals surface area contributed by atoms with Gasteiger partial charge in [-0.15, -0.1) is 0 Å². The van der Waals surface area contributed by atoms with Crippen LogP contribution in [-0.2, 0) is 10.0 Å². The Morgan fingerprint density at radius 2 is 2.14 bits per heavy atom. The molecular weight excluding hydrogens is 314 g/mol. The lowest BCUT2D eigenvalue weighted by molar-refractivity contribution is 0.0692. The molecule has 9 heteroatoms. The van der Waals surface area contributed by atoms with E-state index >= 15 is 0 Å². The summed E-state index contributed by atoms with van der Waals surface area (Å²) in [5, 5.41) is 14.4. The molecule has 0 atom stereocenters. The molecule has 1 aromatic rings. The summed E-state index contributed by atoms with van der Waals surface area (Å²) >= 11 is 1.67. The quantitative estimate of drug-likeness (QED) is 0.726. The van der Waals surface area contributed by atoms with Crippen molar-refractivity contribution < 1.29 is 18.3 Å². The zero-order chi connectivity index (χ0) is 15.5. The van der Waals surface area contributed by atoms with Crippen molar-refractivity contribution in [1.82, 2.24) is 14.9 Å². The van der Waals surface area contributed by atoms with Gasteiger partial charge in [0.15, 0.2) is 5.03 Å². The minimum atomic E-state index is -3.90. The van der Waals surface area contributed by atoms with Crippen molar-refractivity contribution in [3.63, 3.8) is 0 Å². The van der Waals surface area contributed by atoms with Gasteiger partial charge in [0.05, 0.1) is 6.20 Å². The summed E-state index contributed by atoms with van der Waals surface area (Å²) in [5.41, 5.74) is -0.343. The number of rotatable bonds is 6. The molecule has 1 fully saturated rings. The fraction of sp³-hybridized carbons (Fsp3) is 0.667. The number of aromatic amines is 1. The Hall–Kier alpha value is -1.06. The van der Waals surface area contributed by atoms with E-state index < -0.39 is 16.0 Å². The van der Waals surface area contributed by atoms with E-state index in [1.807, 2.05) is 6.26 Å². The Morgan fingerprint density at radius 3 is 2.71 bits per heavy atom. The number of hydrogen-bond donors (Lipinski definition) is 3. The normalized spacial score (nSPS) is 18.5. The summed E-state index contributed by atoms with van der Waals surface area (Å²) in [7, 11) is -3.90. The minimum absolute atomic E-state index is 0.102. The number of sulfonamides is 1. The number of aromatic carboxylic acids is 1. The molecular formula is C12H19N3O4S2. The van der Waals surface area contributed by atoms with E-state index in [4.69, 9.17) is 5.11 Å². The number of nitrogens with zero attached hydrogens (tertiary/aromatic N) is 1. The topological polar surface area (TPSA) is 112 Å². The monoisotopic (exact) mass is 333 g/mol. The largest absolute Gasteiger partial charge is 0.478 e. The highest BCUT2D eigenvalue weighted by molar-refractivity contribution is 8.00. The Kier molecular flexibility index (Phi) is 4.95. The van der Waals surface area contributed by atoms with E-state index in [1.165, 1.54) is 6.42 Å². The van der Waals surface area contributed by atoms with Crippen molar-refractivity contribution >= 4 is 27.8 Å². The van der Waals surface area contributed by atoms with Crippen LogP contribution in [0.15, 0.2) is 11.2 Å². The number of aromatic nitrogens is 2. The van der Waals surface area contributed by atoms with Crippen molar-refractivity contribution in [3.05, 3.63) is 11.8 Å². The maximum atomic E-state index is 12.3. The maximum Gasteiger partial charge on any atom is 0.340 e. The summed E-state index contributed by atoms with van der Waals surface area (Å²) in [4.78, 5) is 11.0. The van der Waals surface area contributed by atoms with E-state index in [1.54, 1.807) is 11.8 Å². The Labute approximate surface area is 127 Å². The summed E-state index contributed by atoms with van der Waals surface area (Å²) < 4.78 is 27.0. The van der Waals surface area contributed by atoms with Gasteiger partial charge in [-0.05, 0) is 19.1 Å². The number of hydrogen-bond acceptors (Lipinski definition) is 5. The third-order valence-corrected chi connectivity index (χ3v) is 6.68. The SMILES string of the molecule is CSC1(CNS(=O)(=O)c2[nH]ncc2C(=O)O)CCCCC1. The summed E-state index contributed by atoms with van der Waals surface area (Å²) in [6.45, 7) is 0.300. The van der Waals surface area contributed by atoms with Crippen LogP contribution in [0.1, 0.15) is 42.5 Å². The first-order chi connectivity index (χ1) is 9.90. The van der Waals surface area contributed by atoms with E-state index in [0.29, 0.717) is 6.54 Å². The second kappa shape index (κ2) is 6.37.